The molecule has 1 aromatic heterocycles. The molecule has 0 aliphatic rings. The van der Waals surface area contributed by atoms with Crippen molar-refractivity contribution in [2.24, 2.45) is 0 Å². The predicted molar refractivity (Wildman–Crippen MR) is 77.3 cm³/mol. The van der Waals surface area contributed by atoms with Crippen LogP contribution in [0.5, 0.6) is 0 Å². The largest absolute Gasteiger partial charge is 0.325 e. The molecule has 0 radical (unpaired) electrons. The SMILES string of the molecule is O=C(CSc1nccc(=O)[nH]1)Nc1cccc([N+](=O)[O-])c1. The van der Waals surface area contributed by atoms with Crippen LogP contribution in [-0.2, 0) is 4.79 Å². The van der Waals surface area contributed by atoms with E-state index in [1.165, 1.54) is 30.5 Å². The predicted octanol–water partition coefficient (Wildman–Crippen LogP) is 1.41. The zero-order chi connectivity index (χ0) is 15.2. The van der Waals surface area contributed by atoms with E-state index in [0.717, 1.165) is 11.8 Å². The summed E-state index contributed by atoms with van der Waals surface area (Å²) in [5, 5.41) is 13.5. The number of amides is 1. The van der Waals surface area contributed by atoms with E-state index in [1.807, 2.05) is 0 Å². The number of hydrogen-bond donors (Lipinski definition) is 2. The monoisotopic (exact) mass is 306 g/mol. The van der Waals surface area contributed by atoms with Crippen molar-refractivity contribution in [3.8, 4) is 0 Å². The number of nitro benzene ring substituents is 1. The Kier molecular flexibility index (Phi) is 4.67. The summed E-state index contributed by atoms with van der Waals surface area (Å²) in [6.07, 6.45) is 1.35. The number of aromatic amines is 1. The molecule has 0 unspecified atom stereocenters. The number of aromatic nitrogens is 2. The van der Waals surface area contributed by atoms with E-state index >= 15 is 0 Å². The maximum Gasteiger partial charge on any atom is 0.271 e. The van der Waals surface area contributed by atoms with Gasteiger partial charge in [-0.25, -0.2) is 4.98 Å². The van der Waals surface area contributed by atoms with Gasteiger partial charge in [0.2, 0.25) is 5.91 Å². The zero-order valence-corrected chi connectivity index (χ0v) is 11.4. The first-order valence-electron chi connectivity index (χ1n) is 5.77. The fourth-order valence-corrected chi connectivity index (χ4v) is 2.10. The van der Waals surface area contributed by atoms with Gasteiger partial charge in [-0.15, -0.1) is 0 Å². The number of benzene rings is 1. The summed E-state index contributed by atoms with van der Waals surface area (Å²) in [6, 6.07) is 6.91. The molecule has 0 bridgehead atoms. The second-order valence-corrected chi connectivity index (χ2v) is 4.85. The molecule has 1 heterocycles. The number of H-pyrrole nitrogens is 1. The van der Waals surface area contributed by atoms with Crippen LogP contribution in [0.1, 0.15) is 0 Å². The molecule has 2 aromatic rings. The summed E-state index contributed by atoms with van der Waals surface area (Å²) in [5.41, 5.74) is -0.0644. The van der Waals surface area contributed by atoms with E-state index in [0.29, 0.717) is 10.8 Å². The van der Waals surface area contributed by atoms with Crippen LogP contribution in [0.3, 0.4) is 0 Å². The van der Waals surface area contributed by atoms with Gasteiger partial charge in [0, 0.05) is 30.1 Å². The highest BCUT2D eigenvalue weighted by molar-refractivity contribution is 7.99. The van der Waals surface area contributed by atoms with E-state index in [1.54, 1.807) is 6.07 Å². The van der Waals surface area contributed by atoms with Gasteiger partial charge in [-0.2, -0.15) is 0 Å². The highest BCUT2D eigenvalue weighted by Gasteiger charge is 2.09. The van der Waals surface area contributed by atoms with Gasteiger partial charge < -0.3 is 10.3 Å². The first kappa shape index (κ1) is 14.7. The molecular weight excluding hydrogens is 296 g/mol. The first-order valence-corrected chi connectivity index (χ1v) is 6.75. The standard InChI is InChI=1S/C12H10N4O4S/c17-10-4-5-13-12(15-10)21-7-11(18)14-8-2-1-3-9(6-8)16(19)20/h1-6H,7H2,(H,14,18)(H,13,15,17). The van der Waals surface area contributed by atoms with Gasteiger partial charge in [0.05, 0.1) is 10.7 Å². The van der Waals surface area contributed by atoms with Gasteiger partial charge in [-0.1, -0.05) is 17.8 Å². The molecule has 0 aliphatic heterocycles. The second-order valence-electron chi connectivity index (χ2n) is 3.88. The van der Waals surface area contributed by atoms with Gasteiger partial charge in [-0.05, 0) is 6.07 Å². The van der Waals surface area contributed by atoms with Crippen LogP contribution in [0.25, 0.3) is 0 Å². The number of hydrogen-bond acceptors (Lipinski definition) is 6. The van der Waals surface area contributed by atoms with Gasteiger partial charge in [0.25, 0.3) is 11.2 Å². The summed E-state index contributed by atoms with van der Waals surface area (Å²) in [7, 11) is 0. The first-order chi connectivity index (χ1) is 10.0. The van der Waals surface area contributed by atoms with Gasteiger partial charge in [-0.3, -0.25) is 19.7 Å². The second kappa shape index (κ2) is 6.66. The van der Waals surface area contributed by atoms with Crippen LogP contribution < -0.4 is 10.9 Å². The molecule has 0 saturated carbocycles. The lowest BCUT2D eigenvalue weighted by Gasteiger charge is -2.04. The number of rotatable bonds is 5. The number of nitrogens with one attached hydrogen (secondary N) is 2. The number of nitrogens with zero attached hydrogens (tertiary/aromatic N) is 2. The number of thioether (sulfide) groups is 1. The van der Waals surface area contributed by atoms with E-state index in [2.05, 4.69) is 15.3 Å². The van der Waals surface area contributed by atoms with Crippen molar-refractivity contribution in [3.05, 3.63) is 57.0 Å². The molecule has 108 valence electrons. The Hall–Kier alpha value is -2.68. The van der Waals surface area contributed by atoms with E-state index in [-0.39, 0.29) is 22.9 Å². The van der Waals surface area contributed by atoms with E-state index < -0.39 is 4.92 Å². The van der Waals surface area contributed by atoms with Crippen LogP contribution in [-0.4, -0.2) is 26.6 Å². The molecule has 8 nitrogen and oxygen atoms in total. The fraction of sp³-hybridized carbons (Fsp3) is 0.0833. The van der Waals surface area contributed by atoms with Crippen molar-refractivity contribution >= 4 is 29.0 Å². The quantitative estimate of drug-likeness (QED) is 0.373. The minimum atomic E-state index is -0.539. The Balaban J connectivity index is 1.94. The molecule has 9 heteroatoms. The summed E-state index contributed by atoms with van der Waals surface area (Å²) < 4.78 is 0. The van der Waals surface area contributed by atoms with Crippen LogP contribution in [0.4, 0.5) is 11.4 Å². The molecule has 1 amide bonds. The molecule has 0 atom stereocenters. The zero-order valence-electron chi connectivity index (χ0n) is 10.6. The Morgan fingerprint density at radius 3 is 2.95 bits per heavy atom. The number of anilines is 1. The third-order valence-corrected chi connectivity index (χ3v) is 3.22. The number of carbonyl (C=O) groups excluding carboxylic acids is 1. The maximum atomic E-state index is 11.7. The number of carbonyl (C=O) groups is 1. The van der Waals surface area contributed by atoms with Crippen molar-refractivity contribution in [1.29, 1.82) is 0 Å². The van der Waals surface area contributed by atoms with Gasteiger partial charge in [0.15, 0.2) is 5.16 Å². The van der Waals surface area contributed by atoms with Crippen molar-refractivity contribution in [2.45, 2.75) is 5.16 Å². The molecule has 21 heavy (non-hydrogen) atoms. The lowest BCUT2D eigenvalue weighted by atomic mass is 10.3. The highest BCUT2D eigenvalue weighted by Crippen LogP contribution is 2.17. The Labute approximate surface area is 122 Å². The molecule has 1 aromatic carbocycles. The molecule has 0 fully saturated rings. The number of non-ortho nitro benzene ring substituents is 1. The number of nitro groups is 1. The average molecular weight is 306 g/mol. The molecule has 0 aliphatic carbocycles. The van der Waals surface area contributed by atoms with Gasteiger partial charge >= 0.3 is 0 Å². The van der Waals surface area contributed by atoms with E-state index in [9.17, 15) is 19.7 Å². The van der Waals surface area contributed by atoms with Crippen LogP contribution in [0, 0.1) is 10.1 Å². The lowest BCUT2D eigenvalue weighted by molar-refractivity contribution is -0.384. The molecule has 2 rings (SSSR count). The van der Waals surface area contributed by atoms with Crippen LogP contribution in [0.2, 0.25) is 0 Å². The Morgan fingerprint density at radius 2 is 2.24 bits per heavy atom. The smallest absolute Gasteiger partial charge is 0.271 e. The Morgan fingerprint density at radius 1 is 1.43 bits per heavy atom. The highest BCUT2D eigenvalue weighted by atomic mass is 32.2. The molecule has 2 N–H and O–H groups in total. The summed E-state index contributed by atoms with van der Waals surface area (Å²) in [6.45, 7) is 0. The molecular formula is C12H10N4O4S. The summed E-state index contributed by atoms with van der Waals surface area (Å²) >= 11 is 1.06. The third kappa shape index (κ3) is 4.42. The lowest BCUT2D eigenvalue weighted by Crippen LogP contribution is -2.15. The molecule has 0 spiro atoms. The maximum absolute atomic E-state index is 11.7. The summed E-state index contributed by atoms with van der Waals surface area (Å²) in [5.74, 6) is -0.331. The minimum absolute atomic E-state index is 0.0235. The normalized spacial score (nSPS) is 10.1. The van der Waals surface area contributed by atoms with Crippen molar-refractivity contribution in [2.75, 3.05) is 11.1 Å². The average Bonchev–Trinajstić information content (AvgIpc) is 2.45. The minimum Gasteiger partial charge on any atom is -0.325 e. The van der Waals surface area contributed by atoms with E-state index in [4.69, 9.17) is 0 Å². The summed E-state index contributed by atoms with van der Waals surface area (Å²) in [4.78, 5) is 39.2. The topological polar surface area (TPSA) is 118 Å². The van der Waals surface area contributed by atoms with Crippen LogP contribution in [0.15, 0.2) is 46.5 Å². The Bertz CT molecular complexity index is 731. The van der Waals surface area contributed by atoms with Crippen molar-refractivity contribution in [1.82, 2.24) is 9.97 Å². The van der Waals surface area contributed by atoms with Gasteiger partial charge in [0.1, 0.15) is 0 Å². The third-order valence-electron chi connectivity index (χ3n) is 2.33. The molecule has 0 saturated heterocycles. The van der Waals surface area contributed by atoms with Crippen LogP contribution >= 0.6 is 11.8 Å². The fourth-order valence-electron chi connectivity index (χ4n) is 1.45. The van der Waals surface area contributed by atoms with Crippen molar-refractivity contribution < 1.29 is 9.72 Å². The van der Waals surface area contributed by atoms with Crippen molar-refractivity contribution in [3.63, 3.8) is 0 Å².